The van der Waals surface area contributed by atoms with Gasteiger partial charge in [-0.25, -0.2) is 5.43 Å². The third-order valence-electron chi connectivity index (χ3n) is 4.39. The van der Waals surface area contributed by atoms with Crippen LogP contribution in [-0.2, 0) is 4.79 Å². The summed E-state index contributed by atoms with van der Waals surface area (Å²) in [5.41, 5.74) is 5.34. The zero-order valence-electron chi connectivity index (χ0n) is 17.9. The molecule has 170 valence electrons. The van der Waals surface area contributed by atoms with Crippen LogP contribution in [-0.4, -0.2) is 31.7 Å². The van der Waals surface area contributed by atoms with Crippen LogP contribution in [0.2, 0.25) is 5.02 Å². The van der Waals surface area contributed by atoms with Gasteiger partial charge in [0.25, 0.3) is 11.8 Å². The first-order valence-electron chi connectivity index (χ1n) is 9.81. The van der Waals surface area contributed by atoms with E-state index in [0.717, 1.165) is 9.13 Å². The molecule has 3 aromatic rings. The number of amides is 2. The summed E-state index contributed by atoms with van der Waals surface area (Å²) < 4.78 is 11.9. The molecule has 0 unspecified atom stereocenters. The summed E-state index contributed by atoms with van der Waals surface area (Å²) >= 11 is 7.92. The highest BCUT2D eigenvalue weighted by Gasteiger charge is 2.13. The van der Waals surface area contributed by atoms with Crippen LogP contribution >= 0.6 is 34.2 Å². The summed E-state index contributed by atoms with van der Waals surface area (Å²) in [6.07, 6.45) is 1.49. The first kappa shape index (κ1) is 24.5. The number of anilines is 1. The number of rotatable bonds is 8. The minimum Gasteiger partial charge on any atom is -0.493 e. The lowest BCUT2D eigenvalue weighted by molar-refractivity contribution is -0.118. The molecule has 0 saturated carbocycles. The molecular weight excluding hydrogens is 557 g/mol. The first-order valence-corrected chi connectivity index (χ1v) is 11.3. The van der Waals surface area contributed by atoms with Crippen molar-refractivity contribution in [1.29, 1.82) is 0 Å². The van der Waals surface area contributed by atoms with Gasteiger partial charge in [0.15, 0.2) is 18.1 Å². The van der Waals surface area contributed by atoms with Crippen molar-refractivity contribution < 1.29 is 19.1 Å². The lowest BCUT2D eigenvalue weighted by Crippen LogP contribution is -2.20. The second kappa shape index (κ2) is 11.7. The summed E-state index contributed by atoms with van der Waals surface area (Å²) in [4.78, 5) is 24.4. The minimum absolute atomic E-state index is 0.176. The number of carbonyl (C=O) groups is 2. The molecule has 7 nitrogen and oxygen atoms in total. The Kier molecular flexibility index (Phi) is 8.67. The van der Waals surface area contributed by atoms with Crippen molar-refractivity contribution in [2.75, 3.05) is 19.0 Å². The number of aryl methyl sites for hydroxylation is 1. The summed E-state index contributed by atoms with van der Waals surface area (Å²) in [6.45, 7) is 1.78. The molecule has 0 aliphatic heterocycles. The number of hydrogen-bond donors (Lipinski definition) is 2. The molecule has 0 atom stereocenters. The molecule has 2 N–H and O–H groups in total. The van der Waals surface area contributed by atoms with E-state index in [0.29, 0.717) is 33.3 Å². The summed E-state index contributed by atoms with van der Waals surface area (Å²) in [7, 11) is 1.51. The van der Waals surface area contributed by atoms with Crippen LogP contribution in [0.3, 0.4) is 0 Å². The third kappa shape index (κ3) is 7.19. The molecular formula is C24H21ClIN3O4. The van der Waals surface area contributed by atoms with E-state index in [1.54, 1.807) is 36.4 Å². The van der Waals surface area contributed by atoms with Crippen molar-refractivity contribution in [1.82, 2.24) is 5.43 Å². The van der Waals surface area contributed by atoms with Crippen LogP contribution in [0, 0.1) is 10.5 Å². The van der Waals surface area contributed by atoms with Crippen molar-refractivity contribution in [2.45, 2.75) is 6.92 Å². The zero-order chi connectivity index (χ0) is 23.8. The van der Waals surface area contributed by atoms with Crippen molar-refractivity contribution in [3.05, 3.63) is 85.9 Å². The number of halogens is 2. The van der Waals surface area contributed by atoms with Crippen molar-refractivity contribution in [3.8, 4) is 11.5 Å². The molecule has 0 aromatic heterocycles. The maximum Gasteiger partial charge on any atom is 0.271 e. The largest absolute Gasteiger partial charge is 0.493 e. The van der Waals surface area contributed by atoms with Gasteiger partial charge in [-0.3, -0.25) is 9.59 Å². The molecule has 0 aliphatic carbocycles. The highest BCUT2D eigenvalue weighted by molar-refractivity contribution is 14.1. The molecule has 3 aromatic carbocycles. The number of nitrogens with one attached hydrogen (secondary N) is 2. The van der Waals surface area contributed by atoms with E-state index in [1.807, 2.05) is 31.2 Å². The van der Waals surface area contributed by atoms with Crippen molar-refractivity contribution in [3.63, 3.8) is 0 Å². The SMILES string of the molecule is COc1cc(/C=N/NC(=O)c2ccc(Cl)cc2)cc(I)c1OCC(=O)Nc1cccc(C)c1. The average molecular weight is 578 g/mol. The van der Waals surface area contributed by atoms with E-state index in [2.05, 4.69) is 38.4 Å². The van der Waals surface area contributed by atoms with Crippen LogP contribution in [0.4, 0.5) is 5.69 Å². The van der Waals surface area contributed by atoms with Gasteiger partial charge in [0.05, 0.1) is 16.9 Å². The van der Waals surface area contributed by atoms with E-state index < -0.39 is 0 Å². The van der Waals surface area contributed by atoms with Gasteiger partial charge in [0.1, 0.15) is 0 Å². The van der Waals surface area contributed by atoms with Gasteiger partial charge in [0.2, 0.25) is 0 Å². The van der Waals surface area contributed by atoms with Crippen LogP contribution < -0.4 is 20.2 Å². The standard InChI is InChI=1S/C24H21ClIN3O4/c1-15-4-3-5-19(10-15)28-22(30)14-33-23-20(26)11-16(12-21(23)32-2)13-27-29-24(31)17-6-8-18(25)9-7-17/h3-13H,14H2,1-2H3,(H,28,30)(H,29,31)/b27-13+. The van der Waals surface area contributed by atoms with Crippen molar-refractivity contribution >= 4 is 57.9 Å². The summed E-state index contributed by atoms with van der Waals surface area (Å²) in [5.74, 6) is 0.244. The first-order chi connectivity index (χ1) is 15.9. The van der Waals surface area contributed by atoms with Crippen LogP contribution in [0.15, 0.2) is 65.8 Å². The normalized spacial score (nSPS) is 10.7. The molecule has 2 amide bonds. The Morgan fingerprint density at radius 2 is 1.88 bits per heavy atom. The van der Waals surface area contributed by atoms with Gasteiger partial charge in [-0.2, -0.15) is 5.10 Å². The summed E-state index contributed by atoms with van der Waals surface area (Å²) in [6, 6.07) is 17.5. The van der Waals surface area contributed by atoms with Gasteiger partial charge in [-0.1, -0.05) is 23.7 Å². The van der Waals surface area contributed by atoms with E-state index in [9.17, 15) is 9.59 Å². The van der Waals surface area contributed by atoms with Gasteiger partial charge >= 0.3 is 0 Å². The lowest BCUT2D eigenvalue weighted by atomic mass is 10.2. The molecule has 0 heterocycles. The zero-order valence-corrected chi connectivity index (χ0v) is 20.8. The number of ether oxygens (including phenoxy) is 2. The molecule has 9 heteroatoms. The Morgan fingerprint density at radius 3 is 2.58 bits per heavy atom. The van der Waals surface area contributed by atoms with Crippen LogP contribution in [0.25, 0.3) is 0 Å². The average Bonchev–Trinajstić information content (AvgIpc) is 2.78. The predicted octanol–water partition coefficient (Wildman–Crippen LogP) is 5.04. The molecule has 0 aliphatic rings. The van der Waals surface area contributed by atoms with Crippen LogP contribution in [0.5, 0.6) is 11.5 Å². The molecule has 33 heavy (non-hydrogen) atoms. The second-order valence-electron chi connectivity index (χ2n) is 6.95. The lowest BCUT2D eigenvalue weighted by Gasteiger charge is -2.13. The van der Waals surface area contributed by atoms with Gasteiger partial charge in [-0.15, -0.1) is 0 Å². The summed E-state index contributed by atoms with van der Waals surface area (Å²) in [5, 5.41) is 7.34. The molecule has 0 fully saturated rings. The predicted molar refractivity (Wildman–Crippen MR) is 138 cm³/mol. The maximum absolute atomic E-state index is 12.3. The maximum atomic E-state index is 12.3. The molecule has 0 bridgehead atoms. The number of nitrogens with zero attached hydrogens (tertiary/aromatic N) is 1. The highest BCUT2D eigenvalue weighted by atomic mass is 127. The van der Waals surface area contributed by atoms with Gasteiger partial charge in [0, 0.05) is 16.3 Å². The third-order valence-corrected chi connectivity index (χ3v) is 5.44. The van der Waals surface area contributed by atoms with E-state index in [4.69, 9.17) is 21.1 Å². The molecule has 0 radical (unpaired) electrons. The number of hydrazone groups is 1. The smallest absolute Gasteiger partial charge is 0.271 e. The monoisotopic (exact) mass is 577 g/mol. The topological polar surface area (TPSA) is 89.0 Å². The fourth-order valence-corrected chi connectivity index (χ4v) is 3.75. The number of benzene rings is 3. The Labute approximate surface area is 210 Å². The Morgan fingerprint density at radius 1 is 1.12 bits per heavy atom. The Balaban J connectivity index is 1.62. The van der Waals surface area contributed by atoms with Crippen molar-refractivity contribution in [2.24, 2.45) is 5.10 Å². The fourth-order valence-electron chi connectivity index (χ4n) is 2.84. The number of hydrogen-bond acceptors (Lipinski definition) is 5. The van der Waals surface area contributed by atoms with Gasteiger partial charge in [-0.05, 0) is 89.2 Å². The number of carbonyl (C=O) groups excluding carboxylic acids is 2. The molecule has 3 rings (SSSR count). The highest BCUT2D eigenvalue weighted by Crippen LogP contribution is 2.33. The van der Waals surface area contributed by atoms with E-state index >= 15 is 0 Å². The molecule has 0 spiro atoms. The van der Waals surface area contributed by atoms with Crippen LogP contribution in [0.1, 0.15) is 21.5 Å². The second-order valence-corrected chi connectivity index (χ2v) is 8.55. The molecule has 0 saturated heterocycles. The number of methoxy groups -OCH3 is 1. The quantitative estimate of drug-likeness (QED) is 0.223. The van der Waals surface area contributed by atoms with Gasteiger partial charge < -0.3 is 14.8 Å². The van der Waals surface area contributed by atoms with E-state index in [1.165, 1.54) is 13.3 Å². The minimum atomic E-state index is -0.357. The van der Waals surface area contributed by atoms with E-state index in [-0.39, 0.29) is 18.4 Å². The fraction of sp³-hybridized carbons (Fsp3) is 0.125. The Hall–Kier alpha value is -3.11. The Bertz CT molecular complexity index is 1180.